The van der Waals surface area contributed by atoms with Gasteiger partial charge in [0.1, 0.15) is 11.5 Å². The van der Waals surface area contributed by atoms with Crippen molar-refractivity contribution in [1.82, 2.24) is 4.98 Å². The van der Waals surface area contributed by atoms with Crippen molar-refractivity contribution in [3.63, 3.8) is 0 Å². The Balaban J connectivity index is 2.18. The predicted octanol–water partition coefficient (Wildman–Crippen LogP) is 3.26. The number of oxazole rings is 1. The molecule has 1 aromatic carbocycles. The van der Waals surface area contributed by atoms with Crippen LogP contribution in [0.2, 0.25) is 4.34 Å². The van der Waals surface area contributed by atoms with Gasteiger partial charge in [-0.1, -0.05) is 11.6 Å². The smallest absolute Gasteiger partial charge is 0.335 e. The van der Waals surface area contributed by atoms with Gasteiger partial charge in [-0.15, -0.1) is 11.3 Å². The molecule has 2 aromatic heterocycles. The zero-order chi connectivity index (χ0) is 18.8. The number of nitrogens with two attached hydrogens (primary N) is 2. The summed E-state index contributed by atoms with van der Waals surface area (Å²) in [5.41, 5.74) is 11.2. The molecule has 1 atom stereocenters. The molecule has 26 heavy (non-hydrogen) atoms. The number of hydrogen-bond donors (Lipinski definition) is 3. The maximum absolute atomic E-state index is 13.1. The fourth-order valence-corrected chi connectivity index (χ4v) is 3.26. The number of carboxylic acids is 1. The van der Waals surface area contributed by atoms with Crippen molar-refractivity contribution in [2.45, 2.75) is 6.04 Å². The van der Waals surface area contributed by atoms with Crippen LogP contribution in [-0.2, 0) is 4.79 Å². The molecule has 5 N–H and O–H groups in total. The number of nitrogens with zero attached hydrogens (tertiary/aromatic N) is 2. The lowest BCUT2D eigenvalue weighted by Gasteiger charge is -2.05. The second-order valence-electron chi connectivity index (χ2n) is 5.14. The molecule has 0 aliphatic carbocycles. The number of benzene rings is 1. The van der Waals surface area contributed by atoms with Gasteiger partial charge in [0.15, 0.2) is 17.8 Å². The minimum Gasteiger partial charge on any atom is -0.479 e. The van der Waals surface area contributed by atoms with Gasteiger partial charge in [0.25, 0.3) is 0 Å². The summed E-state index contributed by atoms with van der Waals surface area (Å²) in [6, 6.07) is 7.26. The van der Waals surface area contributed by atoms with E-state index in [1.165, 1.54) is 35.6 Å². The van der Waals surface area contributed by atoms with E-state index in [4.69, 9.17) is 27.5 Å². The molecule has 0 aliphatic rings. The van der Waals surface area contributed by atoms with E-state index >= 15 is 0 Å². The largest absolute Gasteiger partial charge is 0.479 e. The summed E-state index contributed by atoms with van der Waals surface area (Å²) >= 11 is 7.14. The Morgan fingerprint density at radius 1 is 1.27 bits per heavy atom. The molecule has 0 radical (unpaired) electrons. The van der Waals surface area contributed by atoms with Crippen molar-refractivity contribution < 1.29 is 18.7 Å². The lowest BCUT2D eigenvalue weighted by molar-refractivity contribution is -0.138. The Bertz CT molecular complexity index is 980. The molecule has 1 unspecified atom stereocenters. The molecule has 3 aromatic rings. The third-order valence-corrected chi connectivity index (χ3v) is 4.54. The first-order valence-corrected chi connectivity index (χ1v) is 8.38. The molecule has 0 saturated carbocycles. The van der Waals surface area contributed by atoms with E-state index in [1.807, 2.05) is 0 Å². The van der Waals surface area contributed by atoms with Gasteiger partial charge in [-0.05, 0) is 36.4 Å². The number of hydrogen-bond acceptors (Lipinski definition) is 5. The highest BCUT2D eigenvalue weighted by Crippen LogP contribution is 2.39. The van der Waals surface area contributed by atoms with Gasteiger partial charge in [0.2, 0.25) is 5.89 Å². The van der Waals surface area contributed by atoms with Gasteiger partial charge in [-0.3, -0.25) is 0 Å². The van der Waals surface area contributed by atoms with Crippen LogP contribution < -0.4 is 11.5 Å². The van der Waals surface area contributed by atoms with Crippen molar-refractivity contribution in [3.05, 3.63) is 52.2 Å². The lowest BCUT2D eigenvalue weighted by atomic mass is 10.1. The Morgan fingerprint density at radius 3 is 2.50 bits per heavy atom. The molecule has 3 rings (SSSR count). The fraction of sp³-hybridized carbons (Fsp3) is 0.0625. The minimum atomic E-state index is -1.46. The first kappa shape index (κ1) is 17.9. The maximum atomic E-state index is 13.1. The van der Waals surface area contributed by atoms with Crippen molar-refractivity contribution >= 4 is 34.9 Å². The van der Waals surface area contributed by atoms with Crippen LogP contribution in [0.15, 0.2) is 45.8 Å². The van der Waals surface area contributed by atoms with Crippen LogP contribution in [0.1, 0.15) is 11.7 Å². The van der Waals surface area contributed by atoms with Crippen LogP contribution in [0.4, 0.5) is 4.39 Å². The highest BCUT2D eigenvalue weighted by atomic mass is 35.5. The van der Waals surface area contributed by atoms with Crippen molar-refractivity contribution in [1.29, 1.82) is 0 Å². The summed E-state index contributed by atoms with van der Waals surface area (Å²) < 4.78 is 19.4. The Kier molecular flexibility index (Phi) is 4.92. The van der Waals surface area contributed by atoms with Crippen LogP contribution in [0, 0.1) is 5.82 Å². The molecule has 7 nitrogen and oxygen atoms in total. The number of aliphatic carboxylic acids is 1. The summed E-state index contributed by atoms with van der Waals surface area (Å²) in [7, 11) is 0. The Hall–Kier alpha value is -2.91. The Morgan fingerprint density at radius 2 is 1.96 bits per heavy atom. The molecule has 0 spiro atoms. The van der Waals surface area contributed by atoms with Gasteiger partial charge in [-0.2, -0.15) is 0 Å². The summed E-state index contributed by atoms with van der Waals surface area (Å²) in [6.45, 7) is 0. The number of guanidine groups is 1. The van der Waals surface area contributed by atoms with Gasteiger partial charge in [0.05, 0.1) is 9.21 Å². The van der Waals surface area contributed by atoms with E-state index in [9.17, 15) is 14.3 Å². The topological polar surface area (TPSA) is 128 Å². The summed E-state index contributed by atoms with van der Waals surface area (Å²) in [4.78, 5) is 20.2. The maximum Gasteiger partial charge on any atom is 0.335 e. The molecule has 0 fully saturated rings. The fourth-order valence-electron chi connectivity index (χ4n) is 2.23. The highest BCUT2D eigenvalue weighted by Gasteiger charge is 2.30. The third kappa shape index (κ3) is 3.68. The molecular formula is C16H12ClFN4O3S. The van der Waals surface area contributed by atoms with Crippen molar-refractivity contribution in [2.24, 2.45) is 16.5 Å². The first-order chi connectivity index (χ1) is 12.3. The SMILES string of the molecule is NC(N)=NC(C(=O)O)c1nc(-c2ccc(F)cc2)oc1-c1ccc(Cl)s1. The molecular weight excluding hydrogens is 383 g/mol. The highest BCUT2D eigenvalue weighted by molar-refractivity contribution is 7.19. The average Bonchev–Trinajstić information content (AvgIpc) is 3.19. The van der Waals surface area contributed by atoms with Crippen LogP contribution in [-0.4, -0.2) is 22.0 Å². The molecule has 10 heteroatoms. The van der Waals surface area contributed by atoms with Crippen LogP contribution in [0.3, 0.4) is 0 Å². The molecule has 2 heterocycles. The molecule has 0 saturated heterocycles. The summed E-state index contributed by atoms with van der Waals surface area (Å²) in [5, 5.41) is 9.50. The Labute approximate surface area is 155 Å². The monoisotopic (exact) mass is 394 g/mol. The first-order valence-electron chi connectivity index (χ1n) is 7.19. The van der Waals surface area contributed by atoms with Crippen molar-refractivity contribution in [2.75, 3.05) is 0 Å². The third-order valence-electron chi connectivity index (χ3n) is 3.31. The normalized spacial score (nSPS) is 11.9. The van der Waals surface area contributed by atoms with Gasteiger partial charge < -0.3 is 21.0 Å². The van der Waals surface area contributed by atoms with E-state index in [2.05, 4.69) is 9.98 Å². The number of rotatable bonds is 5. The predicted molar refractivity (Wildman–Crippen MR) is 96.4 cm³/mol. The lowest BCUT2D eigenvalue weighted by Crippen LogP contribution is -2.25. The quantitative estimate of drug-likeness (QED) is 0.450. The van der Waals surface area contributed by atoms with Crippen molar-refractivity contribution in [3.8, 4) is 22.1 Å². The van der Waals surface area contributed by atoms with Crippen LogP contribution in [0.25, 0.3) is 22.1 Å². The number of aromatic nitrogens is 1. The molecule has 0 bridgehead atoms. The van der Waals surface area contributed by atoms with E-state index in [1.54, 1.807) is 12.1 Å². The summed E-state index contributed by atoms with van der Waals surface area (Å²) in [5.74, 6) is -1.84. The van der Waals surface area contributed by atoms with Gasteiger partial charge in [-0.25, -0.2) is 19.2 Å². The molecule has 0 amide bonds. The number of aliphatic imine (C=N–C) groups is 1. The van der Waals surface area contributed by atoms with Crippen LogP contribution >= 0.6 is 22.9 Å². The van der Waals surface area contributed by atoms with E-state index in [0.717, 1.165) is 0 Å². The van der Waals surface area contributed by atoms with E-state index < -0.39 is 23.8 Å². The van der Waals surface area contributed by atoms with E-state index in [0.29, 0.717) is 14.8 Å². The zero-order valence-electron chi connectivity index (χ0n) is 13.0. The zero-order valence-corrected chi connectivity index (χ0v) is 14.6. The second kappa shape index (κ2) is 7.14. The number of carboxylic acid groups (broad SMARTS) is 1. The van der Waals surface area contributed by atoms with Gasteiger partial charge in [0, 0.05) is 5.56 Å². The second-order valence-corrected chi connectivity index (χ2v) is 6.85. The molecule has 134 valence electrons. The number of thiophene rings is 1. The van der Waals surface area contributed by atoms with Gasteiger partial charge >= 0.3 is 5.97 Å². The van der Waals surface area contributed by atoms with E-state index in [-0.39, 0.29) is 17.3 Å². The molecule has 0 aliphatic heterocycles. The van der Waals surface area contributed by atoms with Crippen LogP contribution in [0.5, 0.6) is 0 Å². The number of halogens is 2. The summed E-state index contributed by atoms with van der Waals surface area (Å²) in [6.07, 6.45) is 0. The minimum absolute atomic E-state index is 0.0174. The number of carbonyl (C=O) groups is 1. The average molecular weight is 395 g/mol. The standard InChI is InChI=1S/C16H12ClFN4O3S/c17-10-6-5-9(26-10)13-11(12(15(23)24)22-16(19)20)21-14(25-13)7-1-3-8(18)4-2-7/h1-6,12H,(H,23,24)(H4,19,20,22).